The number of hydrogen-bond acceptors (Lipinski definition) is 4. The number of hydrogen-bond donors (Lipinski definition) is 4. The van der Waals surface area contributed by atoms with Crippen molar-refractivity contribution in [2.75, 3.05) is 0 Å². The molecule has 0 atom stereocenters. The monoisotopic (exact) mass is 242 g/mol. The first-order valence-electron chi connectivity index (χ1n) is 3.17. The summed E-state index contributed by atoms with van der Waals surface area (Å²) >= 11 is 0. The third kappa shape index (κ3) is 8.00. The second kappa shape index (κ2) is 8.31. The fourth-order valence-electron chi connectivity index (χ4n) is 0.714. The van der Waals surface area contributed by atoms with Gasteiger partial charge in [0.1, 0.15) is 0 Å². The van der Waals surface area contributed by atoms with Crippen molar-refractivity contribution in [3.8, 4) is 0 Å². The minimum atomic E-state index is -2.74. The third-order valence-electron chi connectivity index (χ3n) is 1.29. The van der Waals surface area contributed by atoms with Crippen molar-refractivity contribution < 1.29 is 34.8 Å². The minimum absolute atomic E-state index is 0. The van der Waals surface area contributed by atoms with Crippen LogP contribution in [0.3, 0.4) is 0 Å². The summed E-state index contributed by atoms with van der Waals surface area (Å²) in [6.07, 6.45) is -2.29. The molecule has 0 fully saturated rings. The van der Waals surface area contributed by atoms with E-state index in [-0.39, 0.29) is 52.6 Å². The maximum atomic E-state index is 10.3. The molecule has 0 aromatic carbocycles. The van der Waals surface area contributed by atoms with Crippen molar-refractivity contribution in [1.29, 1.82) is 0 Å². The number of rotatable bonds is 5. The molecule has 80 valence electrons. The summed E-state index contributed by atoms with van der Waals surface area (Å²) in [5.41, 5.74) is -2.74. The summed E-state index contributed by atoms with van der Waals surface area (Å²) in [4.78, 5) is 30.5. The molecular weight excluding hydrogens is 231 g/mol. The summed E-state index contributed by atoms with van der Waals surface area (Å²) < 4.78 is 0. The van der Waals surface area contributed by atoms with E-state index in [0.29, 0.717) is 0 Å². The van der Waals surface area contributed by atoms with E-state index in [1.54, 1.807) is 0 Å². The van der Waals surface area contributed by atoms with E-state index in [2.05, 4.69) is 0 Å². The summed E-state index contributed by atoms with van der Waals surface area (Å²) in [5, 5.41) is 33.8. The fraction of sp³-hybridized carbons (Fsp3) is 0.500. The molecule has 0 radical (unpaired) electrons. The standard InChI is InChI=1S/C6H8O7.Mg.Na.3H/c7-3(8)1-6(13,5(11)12)2-4(9)10;;;;;/h13H,1-2H2,(H,7,8)(H,9,10)(H,11,12);;;;;. The summed E-state index contributed by atoms with van der Waals surface area (Å²) in [5.74, 6) is -5.02. The van der Waals surface area contributed by atoms with Crippen LogP contribution in [0.15, 0.2) is 0 Å². The first kappa shape index (κ1) is 20.5. The molecule has 0 unspecified atom stereocenters. The molecule has 0 aliphatic heterocycles. The molecular formula is C6H11MgNaO7. The second-order valence-corrected chi connectivity index (χ2v) is 2.48. The van der Waals surface area contributed by atoms with E-state index < -0.39 is 36.4 Å². The molecule has 0 saturated heterocycles. The molecule has 9 heteroatoms. The van der Waals surface area contributed by atoms with Crippen LogP contribution in [0.5, 0.6) is 0 Å². The normalized spacial score (nSPS) is 9.40. The number of aliphatic hydroxyl groups is 1. The van der Waals surface area contributed by atoms with Crippen LogP contribution in [0.4, 0.5) is 0 Å². The molecule has 0 heterocycles. The molecule has 0 saturated carbocycles. The van der Waals surface area contributed by atoms with E-state index in [1.807, 2.05) is 0 Å². The van der Waals surface area contributed by atoms with Crippen molar-refractivity contribution in [1.82, 2.24) is 0 Å². The van der Waals surface area contributed by atoms with Crippen LogP contribution >= 0.6 is 0 Å². The Hall–Kier alpha value is 0.136. The van der Waals surface area contributed by atoms with Gasteiger partial charge in [0.05, 0.1) is 12.8 Å². The summed E-state index contributed by atoms with van der Waals surface area (Å²) in [6, 6.07) is 0. The zero-order valence-electron chi connectivity index (χ0n) is 6.43. The average Bonchev–Trinajstić information content (AvgIpc) is 1.82. The molecule has 0 aromatic heterocycles. The number of carboxylic acids is 3. The molecule has 0 aliphatic rings. The summed E-state index contributed by atoms with van der Waals surface area (Å²) in [7, 11) is 0. The van der Waals surface area contributed by atoms with Gasteiger partial charge in [-0.3, -0.25) is 9.59 Å². The third-order valence-corrected chi connectivity index (χ3v) is 1.29. The van der Waals surface area contributed by atoms with E-state index in [1.165, 1.54) is 0 Å². The van der Waals surface area contributed by atoms with Gasteiger partial charge in [-0.15, -0.1) is 0 Å². The number of aliphatic carboxylic acids is 3. The van der Waals surface area contributed by atoms with Crippen LogP contribution in [0.2, 0.25) is 0 Å². The molecule has 0 amide bonds. The predicted molar refractivity (Wildman–Crippen MR) is 52.8 cm³/mol. The zero-order valence-corrected chi connectivity index (χ0v) is 6.43. The van der Waals surface area contributed by atoms with E-state index >= 15 is 0 Å². The van der Waals surface area contributed by atoms with E-state index in [9.17, 15) is 14.4 Å². The Morgan fingerprint density at radius 3 is 1.33 bits per heavy atom. The van der Waals surface area contributed by atoms with Crippen LogP contribution in [0, 0.1) is 0 Å². The van der Waals surface area contributed by atoms with E-state index in [0.717, 1.165) is 0 Å². The fourth-order valence-corrected chi connectivity index (χ4v) is 0.714. The van der Waals surface area contributed by atoms with Crippen molar-refractivity contribution in [2.45, 2.75) is 18.4 Å². The second-order valence-electron chi connectivity index (χ2n) is 2.48. The van der Waals surface area contributed by atoms with Gasteiger partial charge in [0.2, 0.25) is 0 Å². The quantitative estimate of drug-likeness (QED) is 0.382. The number of carbonyl (C=O) groups is 3. The zero-order chi connectivity index (χ0) is 10.6. The van der Waals surface area contributed by atoms with Crippen molar-refractivity contribution in [2.24, 2.45) is 0 Å². The van der Waals surface area contributed by atoms with Crippen molar-refractivity contribution in [3.63, 3.8) is 0 Å². The Kier molecular flexibility index (Phi) is 11.4. The van der Waals surface area contributed by atoms with Gasteiger partial charge in [-0.05, 0) is 0 Å². The predicted octanol–water partition coefficient (Wildman–Crippen LogP) is -2.81. The first-order chi connectivity index (χ1) is 5.78. The van der Waals surface area contributed by atoms with Crippen LogP contribution in [-0.4, -0.2) is 96.5 Å². The van der Waals surface area contributed by atoms with Crippen LogP contribution in [0.25, 0.3) is 0 Å². The topological polar surface area (TPSA) is 132 Å². The molecule has 7 nitrogen and oxygen atoms in total. The van der Waals surface area contributed by atoms with Crippen molar-refractivity contribution >= 4 is 70.5 Å². The van der Waals surface area contributed by atoms with Gasteiger partial charge in [0, 0.05) is 0 Å². The van der Waals surface area contributed by atoms with Crippen LogP contribution in [-0.2, 0) is 14.4 Å². The Morgan fingerprint density at radius 2 is 1.20 bits per heavy atom. The van der Waals surface area contributed by atoms with Crippen LogP contribution in [0.1, 0.15) is 12.8 Å². The van der Waals surface area contributed by atoms with Gasteiger partial charge in [-0.2, -0.15) is 0 Å². The molecule has 0 bridgehead atoms. The first-order valence-corrected chi connectivity index (χ1v) is 3.17. The maximum absolute atomic E-state index is 10.3. The van der Waals surface area contributed by atoms with Gasteiger partial charge >= 0.3 is 70.5 Å². The summed E-state index contributed by atoms with van der Waals surface area (Å²) in [6.45, 7) is 0. The Bertz CT molecular complexity index is 238. The Balaban J connectivity index is -0.000000720. The Morgan fingerprint density at radius 1 is 0.933 bits per heavy atom. The van der Waals surface area contributed by atoms with Gasteiger partial charge in [-0.25, -0.2) is 4.79 Å². The average molecular weight is 242 g/mol. The van der Waals surface area contributed by atoms with Gasteiger partial charge in [0.25, 0.3) is 0 Å². The molecule has 0 aliphatic carbocycles. The van der Waals surface area contributed by atoms with Crippen LogP contribution < -0.4 is 0 Å². The molecule has 0 spiro atoms. The van der Waals surface area contributed by atoms with Crippen molar-refractivity contribution in [3.05, 3.63) is 0 Å². The molecule has 0 rings (SSSR count). The molecule has 15 heavy (non-hydrogen) atoms. The van der Waals surface area contributed by atoms with E-state index in [4.69, 9.17) is 20.4 Å². The molecule has 0 aromatic rings. The SMILES string of the molecule is O=C(O)CC(O)(CC(=O)O)C(=O)O.[MgH2].[NaH]. The van der Waals surface area contributed by atoms with Gasteiger partial charge in [-0.1, -0.05) is 0 Å². The molecule has 4 N–H and O–H groups in total. The van der Waals surface area contributed by atoms with Gasteiger partial charge < -0.3 is 20.4 Å². The van der Waals surface area contributed by atoms with Gasteiger partial charge in [0.15, 0.2) is 5.60 Å². The Labute approximate surface area is 123 Å². The number of carboxylic acid groups (broad SMARTS) is 3.